The average molecular weight is 384 g/mol. The van der Waals surface area contributed by atoms with Crippen molar-refractivity contribution >= 4 is 33.5 Å². The van der Waals surface area contributed by atoms with Gasteiger partial charge in [0, 0.05) is 35.3 Å². The van der Waals surface area contributed by atoms with Gasteiger partial charge in [0.2, 0.25) is 5.95 Å². The fourth-order valence-corrected chi connectivity index (χ4v) is 2.25. The number of benzene rings is 1. The molecule has 0 saturated carbocycles. The largest absolute Gasteiger partial charge is 0.350 e. The number of nitrogens with one attached hydrogen (secondary N) is 2. The molecule has 2 N–H and O–H groups in total. The fourth-order valence-electron chi connectivity index (χ4n) is 1.98. The summed E-state index contributed by atoms with van der Waals surface area (Å²) < 4.78 is 0.949. The highest BCUT2D eigenvalue weighted by molar-refractivity contribution is 9.10. The van der Waals surface area contributed by atoms with Crippen molar-refractivity contribution in [2.45, 2.75) is 6.54 Å². The monoisotopic (exact) mass is 383 g/mol. The van der Waals surface area contributed by atoms with Gasteiger partial charge in [-0.05, 0) is 42.0 Å². The zero-order chi connectivity index (χ0) is 16.8. The summed E-state index contributed by atoms with van der Waals surface area (Å²) in [4.78, 5) is 24.7. The Hall–Kier alpha value is -2.80. The molecule has 2 aromatic heterocycles. The third-order valence-electron chi connectivity index (χ3n) is 3.16. The lowest BCUT2D eigenvalue weighted by Crippen LogP contribution is -2.15. The Morgan fingerprint density at radius 2 is 1.92 bits per heavy atom. The number of pyridine rings is 1. The van der Waals surface area contributed by atoms with Crippen LogP contribution >= 0.6 is 15.9 Å². The fraction of sp³-hybridized carbons (Fsp3) is 0.0588. The van der Waals surface area contributed by atoms with Crippen molar-refractivity contribution in [2.24, 2.45) is 0 Å². The van der Waals surface area contributed by atoms with E-state index in [-0.39, 0.29) is 5.91 Å². The number of rotatable bonds is 5. The van der Waals surface area contributed by atoms with Crippen molar-refractivity contribution in [3.63, 3.8) is 0 Å². The summed E-state index contributed by atoms with van der Waals surface area (Å²) in [7, 11) is 0. The van der Waals surface area contributed by atoms with Crippen LogP contribution in [0.3, 0.4) is 0 Å². The lowest BCUT2D eigenvalue weighted by molar-refractivity contribution is 0.102. The number of nitrogens with zero attached hydrogens (tertiary/aromatic N) is 3. The van der Waals surface area contributed by atoms with Crippen molar-refractivity contribution in [3.8, 4) is 0 Å². The smallest absolute Gasteiger partial charge is 0.274 e. The van der Waals surface area contributed by atoms with E-state index in [1.807, 2.05) is 36.4 Å². The van der Waals surface area contributed by atoms with E-state index in [0.29, 0.717) is 23.9 Å². The molecule has 2 heterocycles. The first kappa shape index (κ1) is 16.1. The van der Waals surface area contributed by atoms with Crippen LogP contribution in [0.4, 0.5) is 11.6 Å². The van der Waals surface area contributed by atoms with Crippen LogP contribution in [0.2, 0.25) is 0 Å². The van der Waals surface area contributed by atoms with Crippen LogP contribution in [0.25, 0.3) is 0 Å². The molecule has 120 valence electrons. The van der Waals surface area contributed by atoms with Gasteiger partial charge in [-0.15, -0.1) is 0 Å². The molecule has 3 rings (SSSR count). The van der Waals surface area contributed by atoms with Gasteiger partial charge < -0.3 is 10.6 Å². The normalized spacial score (nSPS) is 10.2. The van der Waals surface area contributed by atoms with Gasteiger partial charge in [0.05, 0.1) is 0 Å². The van der Waals surface area contributed by atoms with E-state index in [1.54, 1.807) is 24.7 Å². The molecule has 1 aromatic carbocycles. The molecule has 0 aliphatic rings. The van der Waals surface area contributed by atoms with E-state index < -0.39 is 0 Å². The number of hydrogen-bond donors (Lipinski definition) is 2. The molecule has 0 radical (unpaired) electrons. The topological polar surface area (TPSA) is 79.8 Å². The molecule has 7 heteroatoms. The molecule has 0 unspecified atom stereocenters. The average Bonchev–Trinajstić information content (AvgIpc) is 2.63. The summed E-state index contributed by atoms with van der Waals surface area (Å²) in [5.74, 6) is 0.103. The van der Waals surface area contributed by atoms with Crippen LogP contribution in [0, 0.1) is 0 Å². The number of anilines is 2. The van der Waals surface area contributed by atoms with Crippen LogP contribution < -0.4 is 10.6 Å². The number of carbonyl (C=O) groups excluding carboxylic acids is 1. The van der Waals surface area contributed by atoms with Crippen molar-refractivity contribution < 1.29 is 4.79 Å². The molecule has 24 heavy (non-hydrogen) atoms. The SMILES string of the molecule is O=C(Nc1ccc(Br)cc1)c1ccnc(NCc2cccnc2)n1. The van der Waals surface area contributed by atoms with E-state index in [0.717, 1.165) is 10.0 Å². The highest BCUT2D eigenvalue weighted by atomic mass is 79.9. The number of aromatic nitrogens is 3. The van der Waals surface area contributed by atoms with Gasteiger partial charge in [-0.1, -0.05) is 22.0 Å². The maximum absolute atomic E-state index is 12.3. The van der Waals surface area contributed by atoms with Gasteiger partial charge >= 0.3 is 0 Å². The second-order valence-electron chi connectivity index (χ2n) is 4.94. The van der Waals surface area contributed by atoms with Crippen molar-refractivity contribution in [3.05, 3.63) is 76.8 Å². The Morgan fingerprint density at radius 3 is 2.67 bits per heavy atom. The maximum atomic E-state index is 12.3. The lowest BCUT2D eigenvalue weighted by atomic mass is 10.3. The molecule has 0 spiro atoms. The summed E-state index contributed by atoms with van der Waals surface area (Å²) >= 11 is 3.36. The van der Waals surface area contributed by atoms with Crippen molar-refractivity contribution in [1.29, 1.82) is 0 Å². The van der Waals surface area contributed by atoms with E-state index in [2.05, 4.69) is 41.5 Å². The number of amides is 1. The molecule has 0 atom stereocenters. The predicted molar refractivity (Wildman–Crippen MR) is 95.7 cm³/mol. The van der Waals surface area contributed by atoms with Crippen molar-refractivity contribution in [2.75, 3.05) is 10.6 Å². The summed E-state index contributed by atoms with van der Waals surface area (Å²) in [5.41, 5.74) is 2.00. The molecule has 0 saturated heterocycles. The lowest BCUT2D eigenvalue weighted by Gasteiger charge is -2.07. The number of halogens is 1. The minimum absolute atomic E-state index is 0.288. The van der Waals surface area contributed by atoms with E-state index in [1.165, 1.54) is 0 Å². The number of hydrogen-bond acceptors (Lipinski definition) is 5. The van der Waals surface area contributed by atoms with E-state index in [9.17, 15) is 4.79 Å². The molecule has 3 aromatic rings. The van der Waals surface area contributed by atoms with E-state index >= 15 is 0 Å². The predicted octanol–water partition coefficient (Wildman–Crippen LogP) is 3.50. The first-order valence-corrected chi connectivity index (χ1v) is 8.03. The first-order chi connectivity index (χ1) is 11.7. The highest BCUT2D eigenvalue weighted by Crippen LogP contribution is 2.15. The van der Waals surface area contributed by atoms with Gasteiger partial charge in [0.1, 0.15) is 5.69 Å². The van der Waals surface area contributed by atoms with Crippen LogP contribution in [0.15, 0.2) is 65.5 Å². The Labute approximate surface area is 147 Å². The molecule has 0 bridgehead atoms. The van der Waals surface area contributed by atoms with Crippen LogP contribution in [-0.2, 0) is 6.54 Å². The van der Waals surface area contributed by atoms with Crippen LogP contribution in [0.1, 0.15) is 16.1 Å². The number of carbonyl (C=O) groups is 1. The van der Waals surface area contributed by atoms with Gasteiger partial charge in [0.25, 0.3) is 5.91 Å². The van der Waals surface area contributed by atoms with Gasteiger partial charge in [-0.2, -0.15) is 0 Å². The molecule has 6 nitrogen and oxygen atoms in total. The van der Waals surface area contributed by atoms with Gasteiger partial charge in [-0.25, -0.2) is 9.97 Å². The summed E-state index contributed by atoms with van der Waals surface area (Å²) in [6.07, 6.45) is 5.03. The standard InChI is InChI=1S/C17H14BrN5O/c18-13-3-5-14(6-4-13)22-16(24)15-7-9-20-17(23-15)21-11-12-2-1-8-19-10-12/h1-10H,11H2,(H,22,24)(H,20,21,23). The second-order valence-corrected chi connectivity index (χ2v) is 5.86. The molecule has 1 amide bonds. The van der Waals surface area contributed by atoms with E-state index in [4.69, 9.17) is 0 Å². The minimum Gasteiger partial charge on any atom is -0.350 e. The Morgan fingerprint density at radius 1 is 1.08 bits per heavy atom. The third kappa shape index (κ3) is 4.36. The zero-order valence-corrected chi connectivity index (χ0v) is 14.2. The summed E-state index contributed by atoms with van der Waals surface area (Å²) in [6.45, 7) is 0.533. The minimum atomic E-state index is -0.288. The Balaban J connectivity index is 1.65. The third-order valence-corrected chi connectivity index (χ3v) is 3.69. The molecular formula is C17H14BrN5O. The van der Waals surface area contributed by atoms with Crippen LogP contribution in [-0.4, -0.2) is 20.9 Å². The Bertz CT molecular complexity index is 824. The van der Waals surface area contributed by atoms with Crippen LogP contribution in [0.5, 0.6) is 0 Å². The molecule has 0 aliphatic heterocycles. The quantitative estimate of drug-likeness (QED) is 0.704. The molecule has 0 aliphatic carbocycles. The highest BCUT2D eigenvalue weighted by Gasteiger charge is 2.09. The first-order valence-electron chi connectivity index (χ1n) is 7.23. The van der Waals surface area contributed by atoms with Gasteiger partial charge in [-0.3, -0.25) is 9.78 Å². The Kier molecular flexibility index (Phi) is 5.12. The second kappa shape index (κ2) is 7.65. The molecule has 0 fully saturated rings. The summed E-state index contributed by atoms with van der Waals surface area (Å²) in [5, 5.41) is 5.88. The maximum Gasteiger partial charge on any atom is 0.274 e. The zero-order valence-electron chi connectivity index (χ0n) is 12.6. The van der Waals surface area contributed by atoms with Crippen molar-refractivity contribution in [1.82, 2.24) is 15.0 Å². The molecular weight excluding hydrogens is 370 g/mol. The van der Waals surface area contributed by atoms with Gasteiger partial charge in [0.15, 0.2) is 0 Å². The summed E-state index contributed by atoms with van der Waals surface area (Å²) in [6, 6.07) is 12.7.